The molecule has 13 heteroatoms. The number of benzene rings is 1. The summed E-state index contributed by atoms with van der Waals surface area (Å²) in [7, 11) is 0. The average Bonchev–Trinajstić information content (AvgIpc) is 3.29. The monoisotopic (exact) mass is 560 g/mol. The lowest BCUT2D eigenvalue weighted by Crippen LogP contribution is -2.57. The molecule has 4 unspecified atom stereocenters. The molecule has 220 valence electrons. The van der Waals surface area contributed by atoms with Crippen molar-refractivity contribution < 1.29 is 34.2 Å². The van der Waals surface area contributed by atoms with Gasteiger partial charge in [-0.2, -0.15) is 0 Å². The summed E-state index contributed by atoms with van der Waals surface area (Å²) in [4.78, 5) is 65.2. The van der Waals surface area contributed by atoms with E-state index in [4.69, 9.17) is 16.6 Å². The number of hydrogen-bond donors (Lipinski definition) is 8. The predicted octanol–water partition coefficient (Wildman–Crippen LogP) is 0.227. The lowest BCUT2D eigenvalue weighted by atomic mass is 10.0. The van der Waals surface area contributed by atoms with Gasteiger partial charge in [0.05, 0.1) is 12.5 Å². The number of amides is 3. The topological polar surface area (TPSA) is 230 Å². The van der Waals surface area contributed by atoms with Gasteiger partial charge in [-0.3, -0.25) is 19.2 Å². The van der Waals surface area contributed by atoms with Crippen molar-refractivity contribution in [3.63, 3.8) is 0 Å². The van der Waals surface area contributed by atoms with Crippen LogP contribution in [0.15, 0.2) is 30.5 Å². The molecule has 0 saturated carbocycles. The number of fused-ring (bicyclic) bond motifs is 1. The van der Waals surface area contributed by atoms with Crippen molar-refractivity contribution in [2.24, 2.45) is 17.4 Å². The lowest BCUT2D eigenvalue weighted by molar-refractivity contribution is -0.147. The maximum absolute atomic E-state index is 13.4. The van der Waals surface area contributed by atoms with E-state index in [0.29, 0.717) is 31.4 Å². The average molecular weight is 561 g/mol. The molecule has 3 amide bonds. The third-order valence-electron chi connectivity index (χ3n) is 6.37. The highest BCUT2D eigenvalue weighted by molar-refractivity contribution is 5.95. The Morgan fingerprint density at radius 2 is 1.52 bits per heavy atom. The van der Waals surface area contributed by atoms with E-state index in [9.17, 15) is 29.1 Å². The van der Waals surface area contributed by atoms with Crippen molar-refractivity contribution in [2.45, 2.75) is 76.5 Å². The SMILES string of the molecule is CC(C)CC(N)C(=O)NC(CCCCN)C(=O)NC(Cc1c[nH]c2ccccc12)C(=O)NC(CC(=O)O)C(=O)O. The number of carbonyl (C=O) groups is 5. The molecule has 0 aliphatic rings. The standard InChI is InChI=1S/C27H40N6O7/c1-15(2)11-18(29)24(36)31-20(9-5-6-10-28)25(37)32-21(26(38)33-22(27(39)40)13-23(34)35)12-16-14-30-19-8-4-3-7-17(16)19/h3-4,7-8,14-15,18,20-22,30H,5-6,9-13,28-29H2,1-2H3,(H,31,36)(H,32,37)(H,33,38)(H,34,35)(H,39,40). The van der Waals surface area contributed by atoms with Crippen molar-refractivity contribution in [2.75, 3.05) is 6.54 Å². The fraction of sp³-hybridized carbons (Fsp3) is 0.519. The minimum atomic E-state index is -1.71. The first kappa shape index (κ1) is 32.2. The normalized spacial score (nSPS) is 14.2. The minimum absolute atomic E-state index is 0.0304. The number of rotatable bonds is 17. The van der Waals surface area contributed by atoms with Gasteiger partial charge in [0.1, 0.15) is 18.1 Å². The Labute approximate surface area is 232 Å². The number of aromatic amines is 1. The van der Waals surface area contributed by atoms with Gasteiger partial charge in [0.2, 0.25) is 17.7 Å². The zero-order chi connectivity index (χ0) is 29.8. The number of nitrogens with one attached hydrogen (secondary N) is 4. The zero-order valence-electron chi connectivity index (χ0n) is 22.8. The first-order valence-electron chi connectivity index (χ1n) is 13.3. The van der Waals surface area contributed by atoms with Gasteiger partial charge in [-0.25, -0.2) is 4.79 Å². The molecule has 0 bridgehead atoms. The van der Waals surface area contributed by atoms with Crippen molar-refractivity contribution in [3.8, 4) is 0 Å². The van der Waals surface area contributed by atoms with Crippen molar-refractivity contribution in [1.29, 1.82) is 0 Å². The van der Waals surface area contributed by atoms with E-state index < -0.39 is 60.2 Å². The highest BCUT2D eigenvalue weighted by Crippen LogP contribution is 2.19. The molecule has 2 rings (SSSR count). The number of aliphatic carboxylic acids is 2. The van der Waals surface area contributed by atoms with Crippen LogP contribution in [0.2, 0.25) is 0 Å². The summed E-state index contributed by atoms with van der Waals surface area (Å²) in [6.07, 6.45) is 2.57. The molecule has 0 spiro atoms. The van der Waals surface area contributed by atoms with Crippen molar-refractivity contribution in [1.82, 2.24) is 20.9 Å². The van der Waals surface area contributed by atoms with E-state index in [0.717, 1.165) is 10.9 Å². The number of nitrogens with two attached hydrogens (primary N) is 2. The molecule has 4 atom stereocenters. The lowest BCUT2D eigenvalue weighted by Gasteiger charge is -2.25. The summed E-state index contributed by atoms with van der Waals surface area (Å²) in [5.74, 6) is -4.83. The van der Waals surface area contributed by atoms with Gasteiger partial charge in [-0.1, -0.05) is 32.0 Å². The molecule has 0 fully saturated rings. The Morgan fingerprint density at radius 1 is 0.900 bits per heavy atom. The van der Waals surface area contributed by atoms with E-state index in [1.54, 1.807) is 6.20 Å². The molecule has 2 aromatic rings. The van der Waals surface area contributed by atoms with E-state index >= 15 is 0 Å². The number of carboxylic acids is 2. The molecule has 1 aromatic carbocycles. The summed E-state index contributed by atoms with van der Waals surface area (Å²) in [6, 6.07) is 2.47. The molecule has 13 nitrogen and oxygen atoms in total. The third kappa shape index (κ3) is 9.97. The van der Waals surface area contributed by atoms with Crippen LogP contribution < -0.4 is 27.4 Å². The number of unbranched alkanes of at least 4 members (excludes halogenated alkanes) is 1. The van der Waals surface area contributed by atoms with Crippen LogP contribution in [0.4, 0.5) is 0 Å². The minimum Gasteiger partial charge on any atom is -0.481 e. The summed E-state index contributed by atoms with van der Waals surface area (Å²) in [5, 5.41) is 26.8. The van der Waals surface area contributed by atoms with Crippen LogP contribution >= 0.6 is 0 Å². The first-order valence-corrected chi connectivity index (χ1v) is 13.3. The van der Waals surface area contributed by atoms with Gasteiger partial charge >= 0.3 is 11.9 Å². The molecule has 1 heterocycles. The molecule has 0 saturated heterocycles. The summed E-state index contributed by atoms with van der Waals surface area (Å²) < 4.78 is 0. The molecule has 0 radical (unpaired) electrons. The van der Waals surface area contributed by atoms with Gasteiger partial charge in [-0.05, 0) is 49.8 Å². The van der Waals surface area contributed by atoms with Gasteiger partial charge < -0.3 is 42.6 Å². The van der Waals surface area contributed by atoms with Crippen LogP contribution in [0.3, 0.4) is 0 Å². The van der Waals surface area contributed by atoms with Gasteiger partial charge in [0, 0.05) is 23.5 Å². The second-order valence-corrected chi connectivity index (χ2v) is 10.2. The number of hydrogen-bond acceptors (Lipinski definition) is 7. The predicted molar refractivity (Wildman–Crippen MR) is 148 cm³/mol. The van der Waals surface area contributed by atoms with Crippen LogP contribution in [0.25, 0.3) is 10.9 Å². The maximum Gasteiger partial charge on any atom is 0.326 e. The molecular weight excluding hydrogens is 520 g/mol. The van der Waals surface area contributed by atoms with Crippen LogP contribution in [0.1, 0.15) is 51.5 Å². The zero-order valence-corrected chi connectivity index (χ0v) is 22.8. The largest absolute Gasteiger partial charge is 0.481 e. The Balaban J connectivity index is 2.32. The van der Waals surface area contributed by atoms with Gasteiger partial charge in [0.25, 0.3) is 0 Å². The highest BCUT2D eigenvalue weighted by Gasteiger charge is 2.31. The highest BCUT2D eigenvalue weighted by atomic mass is 16.4. The molecule has 0 aliphatic heterocycles. The van der Waals surface area contributed by atoms with Crippen LogP contribution in [0, 0.1) is 5.92 Å². The Morgan fingerprint density at radius 3 is 2.15 bits per heavy atom. The number of carboxylic acid groups (broad SMARTS) is 2. The van der Waals surface area contributed by atoms with Crippen molar-refractivity contribution in [3.05, 3.63) is 36.0 Å². The van der Waals surface area contributed by atoms with E-state index in [-0.39, 0.29) is 18.8 Å². The summed E-state index contributed by atoms with van der Waals surface area (Å²) in [6.45, 7) is 4.23. The first-order chi connectivity index (χ1) is 18.9. The number of carbonyl (C=O) groups excluding carboxylic acids is 3. The van der Waals surface area contributed by atoms with Crippen LogP contribution in [-0.2, 0) is 30.4 Å². The third-order valence-corrected chi connectivity index (χ3v) is 6.37. The smallest absolute Gasteiger partial charge is 0.326 e. The number of H-pyrrole nitrogens is 1. The fourth-order valence-corrected chi connectivity index (χ4v) is 4.30. The van der Waals surface area contributed by atoms with E-state index in [1.807, 2.05) is 38.1 Å². The van der Waals surface area contributed by atoms with E-state index in [2.05, 4.69) is 20.9 Å². The second-order valence-electron chi connectivity index (χ2n) is 10.2. The summed E-state index contributed by atoms with van der Waals surface area (Å²) in [5.41, 5.74) is 13.1. The summed E-state index contributed by atoms with van der Waals surface area (Å²) >= 11 is 0. The Bertz CT molecular complexity index is 1180. The number of aromatic nitrogens is 1. The fourth-order valence-electron chi connectivity index (χ4n) is 4.30. The number of para-hydroxylation sites is 1. The maximum atomic E-state index is 13.4. The van der Waals surface area contributed by atoms with Gasteiger partial charge in [-0.15, -0.1) is 0 Å². The second kappa shape index (κ2) is 15.6. The Kier molecular flexibility index (Phi) is 12.6. The molecule has 0 aliphatic carbocycles. The molecule has 1 aromatic heterocycles. The molecule has 40 heavy (non-hydrogen) atoms. The molecular formula is C27H40N6O7. The van der Waals surface area contributed by atoms with E-state index in [1.165, 1.54) is 0 Å². The van der Waals surface area contributed by atoms with Crippen LogP contribution in [0.5, 0.6) is 0 Å². The van der Waals surface area contributed by atoms with Gasteiger partial charge in [0.15, 0.2) is 0 Å². The van der Waals surface area contributed by atoms with Crippen molar-refractivity contribution >= 4 is 40.6 Å². The quantitative estimate of drug-likeness (QED) is 0.124. The Hall–Kier alpha value is -3.97. The van der Waals surface area contributed by atoms with Crippen LogP contribution in [-0.4, -0.2) is 75.6 Å². The molecule has 10 N–H and O–H groups in total.